The van der Waals surface area contributed by atoms with E-state index in [0.717, 1.165) is 10.6 Å². The molecule has 3 aromatic rings. The molecular weight excluding hydrogens is 458 g/mol. The number of nitrogens with one attached hydrogen (secondary N) is 1. The van der Waals surface area contributed by atoms with Crippen molar-refractivity contribution in [3.63, 3.8) is 0 Å². The average Bonchev–Trinajstić information content (AvgIpc) is 2.80. The number of phenolic OH excluding ortho intramolecular Hbond substituents is 1. The smallest absolute Gasteiger partial charge is 0.260 e. The Bertz CT molecular complexity index is 1250. The lowest BCUT2D eigenvalue weighted by molar-refractivity contribution is -0.119. The first-order chi connectivity index (χ1) is 16.3. The maximum atomic E-state index is 12.4. The van der Waals surface area contributed by atoms with E-state index in [1.54, 1.807) is 55.5 Å². The summed E-state index contributed by atoms with van der Waals surface area (Å²) in [5.74, 6) is 0.829. The molecule has 0 saturated carbocycles. The van der Waals surface area contributed by atoms with Crippen molar-refractivity contribution >= 4 is 27.8 Å². The molecule has 10 heteroatoms. The summed E-state index contributed by atoms with van der Waals surface area (Å²) in [6.07, 6.45) is 2.38. The summed E-state index contributed by atoms with van der Waals surface area (Å²) in [6.45, 7) is 1.71. The Balaban J connectivity index is 1.65. The minimum atomic E-state index is -3.74. The predicted octanol–water partition coefficient (Wildman–Crippen LogP) is 3.50. The summed E-state index contributed by atoms with van der Waals surface area (Å²) in [7, 11) is -3.74. The number of sulfonamides is 1. The highest BCUT2D eigenvalue weighted by molar-refractivity contribution is 7.92. The van der Waals surface area contributed by atoms with Gasteiger partial charge < -0.3 is 14.6 Å². The Morgan fingerprint density at radius 1 is 1.06 bits per heavy atom. The highest BCUT2D eigenvalue weighted by Crippen LogP contribution is 2.27. The van der Waals surface area contributed by atoms with E-state index >= 15 is 0 Å². The highest BCUT2D eigenvalue weighted by Gasteiger charge is 2.20. The largest absolute Gasteiger partial charge is 0.504 e. The number of nitrogens with zero attached hydrogens (tertiary/aromatic N) is 2. The van der Waals surface area contributed by atoms with E-state index in [9.17, 15) is 18.3 Å². The Morgan fingerprint density at radius 2 is 1.74 bits per heavy atom. The Kier molecular flexibility index (Phi) is 8.10. The number of ether oxygens (including phenoxy) is 2. The molecule has 3 rings (SSSR count). The fourth-order valence-corrected chi connectivity index (χ4v) is 3.79. The van der Waals surface area contributed by atoms with Gasteiger partial charge in [-0.15, -0.1) is 0 Å². The third-order valence-corrected chi connectivity index (χ3v) is 5.62. The lowest BCUT2D eigenvalue weighted by Gasteiger charge is -2.21. The number of rotatable bonds is 10. The molecule has 0 unspecified atom stereocenters. The van der Waals surface area contributed by atoms with Gasteiger partial charge in [0.15, 0.2) is 11.5 Å². The minimum Gasteiger partial charge on any atom is -0.504 e. The number of anilines is 1. The molecule has 0 heterocycles. The molecule has 0 aromatic heterocycles. The number of aromatic hydroxyl groups is 1. The van der Waals surface area contributed by atoms with Crippen LogP contribution in [0.2, 0.25) is 0 Å². The molecule has 0 bridgehead atoms. The van der Waals surface area contributed by atoms with E-state index < -0.39 is 22.5 Å². The van der Waals surface area contributed by atoms with Crippen LogP contribution in [0.15, 0.2) is 77.9 Å². The molecule has 0 atom stereocenters. The van der Waals surface area contributed by atoms with Crippen LogP contribution >= 0.6 is 0 Å². The van der Waals surface area contributed by atoms with Gasteiger partial charge in [0.2, 0.25) is 10.0 Å². The van der Waals surface area contributed by atoms with Gasteiger partial charge in [-0.3, -0.25) is 9.10 Å². The van der Waals surface area contributed by atoms with Crippen LogP contribution in [0.3, 0.4) is 0 Å². The molecule has 2 N–H and O–H groups in total. The monoisotopic (exact) mass is 483 g/mol. The number of amides is 1. The van der Waals surface area contributed by atoms with Crippen molar-refractivity contribution in [3.8, 4) is 23.0 Å². The lowest BCUT2D eigenvalue weighted by atomic mass is 10.2. The number of hydrogen-bond donors (Lipinski definition) is 2. The van der Waals surface area contributed by atoms with Crippen LogP contribution in [0.25, 0.3) is 0 Å². The maximum absolute atomic E-state index is 12.4. The van der Waals surface area contributed by atoms with Gasteiger partial charge in [0.05, 0.1) is 24.8 Å². The second kappa shape index (κ2) is 11.2. The van der Waals surface area contributed by atoms with E-state index in [4.69, 9.17) is 9.47 Å². The fraction of sp³-hybridized carbons (Fsp3) is 0.167. The molecule has 0 spiro atoms. The topological polar surface area (TPSA) is 118 Å². The molecule has 0 aliphatic heterocycles. The van der Waals surface area contributed by atoms with Crippen molar-refractivity contribution in [1.29, 1.82) is 0 Å². The zero-order valence-electron chi connectivity index (χ0n) is 18.7. The summed E-state index contributed by atoms with van der Waals surface area (Å²) in [6, 6.07) is 20.1. The van der Waals surface area contributed by atoms with Crippen LogP contribution in [0.4, 0.5) is 5.69 Å². The first kappa shape index (κ1) is 24.6. The number of hydrogen-bond acceptors (Lipinski definition) is 7. The fourth-order valence-electron chi connectivity index (χ4n) is 2.93. The number of benzene rings is 3. The molecule has 0 saturated heterocycles. The number of carbonyl (C=O) groups excluding carboxylic acids is 1. The SMILES string of the molecule is CCOc1cc(/C=N\NC(=O)CN(c2ccc(Oc3ccccc3)cc2)S(C)(=O)=O)ccc1O. The zero-order valence-corrected chi connectivity index (χ0v) is 19.5. The zero-order chi connectivity index (χ0) is 24.6. The van der Waals surface area contributed by atoms with Crippen molar-refractivity contribution in [2.75, 3.05) is 23.7 Å². The molecule has 34 heavy (non-hydrogen) atoms. The van der Waals surface area contributed by atoms with E-state index in [2.05, 4.69) is 10.5 Å². The first-order valence-corrected chi connectivity index (χ1v) is 12.2. The van der Waals surface area contributed by atoms with Crippen LogP contribution in [0.1, 0.15) is 12.5 Å². The van der Waals surface area contributed by atoms with Crippen LogP contribution in [0, 0.1) is 0 Å². The molecule has 0 fully saturated rings. The third kappa shape index (κ3) is 6.97. The Labute approximate surface area is 198 Å². The van der Waals surface area contributed by atoms with E-state index in [0.29, 0.717) is 35.1 Å². The van der Waals surface area contributed by atoms with Gasteiger partial charge in [-0.25, -0.2) is 13.8 Å². The highest BCUT2D eigenvalue weighted by atomic mass is 32.2. The Hall–Kier alpha value is -4.05. The van der Waals surface area contributed by atoms with Crippen molar-refractivity contribution in [2.24, 2.45) is 5.10 Å². The van der Waals surface area contributed by atoms with E-state index in [1.165, 1.54) is 12.3 Å². The van der Waals surface area contributed by atoms with Crippen molar-refractivity contribution in [1.82, 2.24) is 5.43 Å². The molecule has 0 radical (unpaired) electrons. The van der Waals surface area contributed by atoms with Crippen molar-refractivity contribution in [2.45, 2.75) is 6.92 Å². The van der Waals surface area contributed by atoms with Gasteiger partial charge in [0.25, 0.3) is 5.91 Å². The van der Waals surface area contributed by atoms with Crippen molar-refractivity contribution in [3.05, 3.63) is 78.4 Å². The van der Waals surface area contributed by atoms with Crippen LogP contribution < -0.4 is 19.2 Å². The van der Waals surface area contributed by atoms with Crippen molar-refractivity contribution < 1.29 is 27.8 Å². The molecule has 1 amide bonds. The van der Waals surface area contributed by atoms with Crippen LogP contribution in [0.5, 0.6) is 23.0 Å². The normalized spacial score (nSPS) is 11.2. The maximum Gasteiger partial charge on any atom is 0.260 e. The summed E-state index contributed by atoms with van der Waals surface area (Å²) in [5.41, 5.74) is 3.20. The summed E-state index contributed by atoms with van der Waals surface area (Å²) in [4.78, 5) is 12.4. The quantitative estimate of drug-likeness (QED) is 0.337. The third-order valence-electron chi connectivity index (χ3n) is 4.48. The van der Waals surface area contributed by atoms with Gasteiger partial charge in [0.1, 0.15) is 18.0 Å². The number of hydrazone groups is 1. The molecular formula is C24H25N3O6S. The molecule has 3 aromatic carbocycles. The number of phenols is 1. The number of carbonyl (C=O) groups is 1. The molecule has 9 nitrogen and oxygen atoms in total. The van der Waals surface area contributed by atoms with E-state index in [-0.39, 0.29) is 5.75 Å². The standard InChI is InChI=1S/C24H25N3O6S/c1-3-32-23-15-18(9-14-22(23)28)16-25-26-24(29)17-27(34(2,30)31)19-10-12-21(13-11-19)33-20-7-5-4-6-8-20/h4-16,28H,3,17H2,1-2H3,(H,26,29)/b25-16-. The first-order valence-electron chi connectivity index (χ1n) is 10.3. The Morgan fingerprint density at radius 3 is 2.38 bits per heavy atom. The van der Waals surface area contributed by atoms with Gasteiger partial charge in [0, 0.05) is 0 Å². The van der Waals surface area contributed by atoms with E-state index in [1.807, 2.05) is 18.2 Å². The molecule has 178 valence electrons. The minimum absolute atomic E-state index is 0.00739. The van der Waals surface area contributed by atoms with Crippen LogP contribution in [-0.4, -0.2) is 45.1 Å². The molecule has 0 aliphatic rings. The summed E-state index contributed by atoms with van der Waals surface area (Å²) < 4.78 is 36.6. The van der Waals surface area contributed by atoms with Crippen LogP contribution in [-0.2, 0) is 14.8 Å². The summed E-state index contributed by atoms with van der Waals surface area (Å²) >= 11 is 0. The lowest BCUT2D eigenvalue weighted by Crippen LogP contribution is -2.39. The second-order valence-corrected chi connectivity index (χ2v) is 9.04. The predicted molar refractivity (Wildman–Crippen MR) is 130 cm³/mol. The molecule has 0 aliphatic carbocycles. The average molecular weight is 484 g/mol. The van der Waals surface area contributed by atoms with Gasteiger partial charge in [-0.1, -0.05) is 18.2 Å². The van der Waals surface area contributed by atoms with Gasteiger partial charge in [-0.05, 0) is 67.1 Å². The number of para-hydroxylation sites is 1. The second-order valence-electron chi connectivity index (χ2n) is 7.13. The van der Waals surface area contributed by atoms with Gasteiger partial charge in [-0.2, -0.15) is 5.10 Å². The van der Waals surface area contributed by atoms with Gasteiger partial charge >= 0.3 is 0 Å². The summed E-state index contributed by atoms with van der Waals surface area (Å²) in [5, 5.41) is 13.6.